The van der Waals surface area contributed by atoms with Crippen molar-refractivity contribution in [3.05, 3.63) is 12.4 Å². The van der Waals surface area contributed by atoms with Crippen LogP contribution in [0.15, 0.2) is 12.4 Å². The molecular weight excluding hydrogens is 686 g/mol. The van der Waals surface area contributed by atoms with Gasteiger partial charge in [0.15, 0.2) is 0 Å². The Morgan fingerprint density at radius 2 is 0.887 bits per heavy atom. The molecule has 0 aliphatic carbocycles. The average Bonchev–Trinajstić information content (AvgIpc) is 2.94. The predicted octanol–water partition coefficient (Wildman–Crippen LogP) is 2.91. The highest BCUT2D eigenvalue weighted by atomic mass is 16.6. The van der Waals surface area contributed by atoms with Crippen LogP contribution in [0, 0.1) is 0 Å². The van der Waals surface area contributed by atoms with Gasteiger partial charge in [-0.3, -0.25) is 33.8 Å². The first-order valence-electron chi connectivity index (χ1n) is 18.6. The monoisotopic (exact) mass is 756 g/mol. The molecule has 0 spiro atoms. The molecule has 0 aromatic rings. The van der Waals surface area contributed by atoms with E-state index >= 15 is 0 Å². The Morgan fingerprint density at radius 3 is 1.28 bits per heavy atom. The van der Waals surface area contributed by atoms with Gasteiger partial charge in [0.2, 0.25) is 5.91 Å². The van der Waals surface area contributed by atoms with E-state index in [1.165, 1.54) is 4.90 Å². The molecule has 1 rings (SSSR count). The number of nitrogens with zero attached hydrogens (tertiary/aromatic N) is 5. The molecule has 0 N–H and O–H groups in total. The first-order chi connectivity index (χ1) is 24.2. The Bertz CT molecular complexity index is 1210. The third-order valence-electron chi connectivity index (χ3n) is 7.07. The summed E-state index contributed by atoms with van der Waals surface area (Å²) in [6, 6.07) is 0. The van der Waals surface area contributed by atoms with Crippen LogP contribution in [-0.4, -0.2) is 168 Å². The van der Waals surface area contributed by atoms with Crippen molar-refractivity contribution in [2.75, 3.05) is 91.8 Å². The van der Waals surface area contributed by atoms with Crippen molar-refractivity contribution < 1.29 is 47.7 Å². The van der Waals surface area contributed by atoms with E-state index in [1.54, 1.807) is 84.5 Å². The van der Waals surface area contributed by atoms with Crippen LogP contribution in [-0.2, 0) is 47.7 Å². The first kappa shape index (κ1) is 47.6. The van der Waals surface area contributed by atoms with Gasteiger partial charge in [0.25, 0.3) is 0 Å². The van der Waals surface area contributed by atoms with E-state index in [9.17, 15) is 24.0 Å². The van der Waals surface area contributed by atoms with E-state index in [4.69, 9.17) is 23.7 Å². The van der Waals surface area contributed by atoms with Crippen LogP contribution in [0.4, 0.5) is 0 Å². The van der Waals surface area contributed by atoms with Crippen LogP contribution in [0.3, 0.4) is 0 Å². The molecule has 1 aliphatic heterocycles. The van der Waals surface area contributed by atoms with Gasteiger partial charge in [-0.25, -0.2) is 0 Å². The van der Waals surface area contributed by atoms with Crippen LogP contribution in [0.1, 0.15) is 90.0 Å². The molecule has 0 radical (unpaired) electrons. The molecule has 0 atom stereocenters. The quantitative estimate of drug-likeness (QED) is 0.145. The van der Waals surface area contributed by atoms with E-state index in [0.29, 0.717) is 45.9 Å². The standard InChI is InChI=1S/C38H69N5O10/c1-14-49-24-23-43(29-34(48)53-38(11,12)13)30(44)25-39-15-17-40(26-31(45)50-35(2,3)4)19-21-42(28-33(47)52-37(8,9)10)22-20-41(18-16-39)27-32(46)51-36(5,6)7/h15,17H,14,16,18-29H2,1-13H3/b17-15-. The van der Waals surface area contributed by atoms with Crippen LogP contribution in [0.2, 0.25) is 0 Å². The van der Waals surface area contributed by atoms with Gasteiger partial charge in [-0.15, -0.1) is 0 Å². The minimum Gasteiger partial charge on any atom is -0.459 e. The van der Waals surface area contributed by atoms with Crippen LogP contribution >= 0.6 is 0 Å². The molecule has 15 heteroatoms. The van der Waals surface area contributed by atoms with Crippen LogP contribution < -0.4 is 0 Å². The number of rotatable bonds is 14. The van der Waals surface area contributed by atoms with E-state index in [1.807, 2.05) is 37.5 Å². The Labute approximate surface area is 318 Å². The third kappa shape index (κ3) is 24.5. The largest absolute Gasteiger partial charge is 0.459 e. The zero-order valence-corrected chi connectivity index (χ0v) is 34.9. The van der Waals surface area contributed by atoms with Gasteiger partial charge in [-0.2, -0.15) is 0 Å². The lowest BCUT2D eigenvalue weighted by molar-refractivity contribution is -0.159. The lowest BCUT2D eigenvalue weighted by Crippen LogP contribution is -2.48. The number of carbonyl (C=O) groups is 5. The minimum atomic E-state index is -0.719. The molecule has 1 heterocycles. The van der Waals surface area contributed by atoms with Gasteiger partial charge >= 0.3 is 23.9 Å². The van der Waals surface area contributed by atoms with Crippen molar-refractivity contribution in [3.63, 3.8) is 0 Å². The number of hydrogen-bond donors (Lipinski definition) is 0. The first-order valence-corrected chi connectivity index (χ1v) is 18.6. The van der Waals surface area contributed by atoms with Crippen molar-refractivity contribution in [3.8, 4) is 0 Å². The molecule has 0 aromatic carbocycles. The normalized spacial score (nSPS) is 16.5. The maximum Gasteiger partial charge on any atom is 0.326 e. The summed E-state index contributed by atoms with van der Waals surface area (Å²) >= 11 is 0. The smallest absolute Gasteiger partial charge is 0.326 e. The molecule has 1 aliphatic rings. The Hall–Kier alpha value is -3.43. The highest BCUT2D eigenvalue weighted by Crippen LogP contribution is 2.13. The summed E-state index contributed by atoms with van der Waals surface area (Å²) in [6.45, 7) is 26.0. The topological polar surface area (TPSA) is 148 Å². The molecule has 53 heavy (non-hydrogen) atoms. The van der Waals surface area contributed by atoms with Gasteiger partial charge in [0, 0.05) is 64.8 Å². The number of esters is 4. The number of amides is 1. The summed E-state index contributed by atoms with van der Waals surface area (Å²) in [7, 11) is 0. The Morgan fingerprint density at radius 1 is 0.528 bits per heavy atom. The van der Waals surface area contributed by atoms with E-state index in [-0.39, 0.29) is 57.8 Å². The van der Waals surface area contributed by atoms with Crippen molar-refractivity contribution >= 4 is 29.8 Å². The van der Waals surface area contributed by atoms with Crippen molar-refractivity contribution in [1.82, 2.24) is 24.5 Å². The maximum absolute atomic E-state index is 13.8. The molecule has 306 valence electrons. The Balaban J connectivity index is 3.48. The highest BCUT2D eigenvalue weighted by Gasteiger charge is 2.27. The molecule has 0 fully saturated rings. The Kier molecular flexibility index (Phi) is 19.3. The molecule has 0 saturated heterocycles. The van der Waals surface area contributed by atoms with Gasteiger partial charge in [-0.05, 0) is 90.0 Å². The summed E-state index contributed by atoms with van der Waals surface area (Å²) in [4.78, 5) is 74.3. The van der Waals surface area contributed by atoms with Crippen LogP contribution in [0.25, 0.3) is 0 Å². The fourth-order valence-electron chi connectivity index (χ4n) is 5.03. The SMILES string of the molecule is CCOCCN(CC(=O)OC(C)(C)C)C(=O)CN1/C=C\N(CC(=O)OC(C)(C)C)CCN(CC(=O)OC(C)(C)C)CCN(CC(=O)OC(C)(C)C)CC1. The molecule has 0 saturated carbocycles. The molecule has 15 nitrogen and oxygen atoms in total. The fourth-order valence-corrected chi connectivity index (χ4v) is 5.03. The second-order valence-electron chi connectivity index (χ2n) is 17.1. The predicted molar refractivity (Wildman–Crippen MR) is 202 cm³/mol. The molecule has 0 unspecified atom stereocenters. The van der Waals surface area contributed by atoms with Gasteiger partial charge in [0.1, 0.15) is 35.5 Å². The molecule has 0 bridgehead atoms. The highest BCUT2D eigenvalue weighted by molar-refractivity contribution is 5.83. The average molecular weight is 756 g/mol. The summed E-state index contributed by atoms with van der Waals surface area (Å²) in [5.41, 5.74) is -2.75. The number of carbonyl (C=O) groups excluding carboxylic acids is 5. The lowest BCUT2D eigenvalue weighted by atomic mass is 10.2. The molecular formula is C38H69N5O10. The van der Waals surface area contributed by atoms with Crippen molar-refractivity contribution in [2.45, 2.75) is 112 Å². The second kappa shape index (κ2) is 21.5. The molecule has 0 aromatic heterocycles. The number of hydrogen-bond acceptors (Lipinski definition) is 14. The second-order valence-corrected chi connectivity index (χ2v) is 17.1. The lowest BCUT2D eigenvalue weighted by Gasteiger charge is -2.33. The van der Waals surface area contributed by atoms with Gasteiger partial charge in [-0.1, -0.05) is 0 Å². The van der Waals surface area contributed by atoms with Crippen molar-refractivity contribution in [2.24, 2.45) is 0 Å². The van der Waals surface area contributed by atoms with Crippen LogP contribution in [0.5, 0.6) is 0 Å². The number of ether oxygens (including phenoxy) is 5. The van der Waals surface area contributed by atoms with E-state index in [2.05, 4.69) is 0 Å². The summed E-state index contributed by atoms with van der Waals surface area (Å²) in [5.74, 6) is -2.08. The minimum absolute atomic E-state index is 0.00700. The summed E-state index contributed by atoms with van der Waals surface area (Å²) < 4.78 is 27.8. The van der Waals surface area contributed by atoms with Gasteiger partial charge < -0.3 is 38.4 Å². The zero-order chi connectivity index (χ0) is 40.6. The van der Waals surface area contributed by atoms with Gasteiger partial charge in [0.05, 0.1) is 26.2 Å². The van der Waals surface area contributed by atoms with E-state index in [0.717, 1.165) is 0 Å². The zero-order valence-electron chi connectivity index (χ0n) is 34.9. The van der Waals surface area contributed by atoms with E-state index < -0.39 is 40.3 Å². The fraction of sp³-hybridized carbons (Fsp3) is 0.816. The third-order valence-corrected chi connectivity index (χ3v) is 7.07. The molecule has 1 amide bonds. The maximum atomic E-state index is 13.8. The summed E-state index contributed by atoms with van der Waals surface area (Å²) in [6.07, 6.45) is 3.45. The van der Waals surface area contributed by atoms with Crippen molar-refractivity contribution in [1.29, 1.82) is 0 Å². The summed E-state index contributed by atoms with van der Waals surface area (Å²) in [5, 5.41) is 0.